The number of nitrogens with zero attached hydrogens (tertiary/aromatic N) is 5. The van der Waals surface area contributed by atoms with E-state index in [0.717, 1.165) is 73.2 Å². The zero-order valence-corrected chi connectivity index (χ0v) is 18.8. The van der Waals surface area contributed by atoms with Crippen LogP contribution in [-0.4, -0.2) is 49.9 Å². The van der Waals surface area contributed by atoms with Crippen molar-refractivity contribution in [2.45, 2.75) is 45.7 Å². The summed E-state index contributed by atoms with van der Waals surface area (Å²) in [7, 11) is 0. The van der Waals surface area contributed by atoms with Gasteiger partial charge in [-0.05, 0) is 43.8 Å². The minimum atomic E-state index is 0. The first-order valence-corrected chi connectivity index (χ1v) is 11.2. The molecule has 3 aromatic heterocycles. The molecular weight excluding hydrogens is 422 g/mol. The van der Waals surface area contributed by atoms with Gasteiger partial charge in [-0.1, -0.05) is 13.8 Å². The van der Waals surface area contributed by atoms with Gasteiger partial charge in [-0.2, -0.15) is 0 Å². The van der Waals surface area contributed by atoms with Crippen molar-refractivity contribution in [1.82, 2.24) is 24.3 Å². The summed E-state index contributed by atoms with van der Waals surface area (Å²) >= 11 is 1.49. The van der Waals surface area contributed by atoms with Crippen LogP contribution in [0.25, 0.3) is 17.3 Å². The van der Waals surface area contributed by atoms with E-state index in [1.807, 2.05) is 27.1 Å². The van der Waals surface area contributed by atoms with E-state index in [2.05, 4.69) is 28.7 Å². The summed E-state index contributed by atoms with van der Waals surface area (Å²) < 4.78 is 8.18. The molecule has 30 heavy (non-hydrogen) atoms. The van der Waals surface area contributed by atoms with Gasteiger partial charge in [-0.25, -0.2) is 9.97 Å². The molecule has 2 aliphatic heterocycles. The van der Waals surface area contributed by atoms with Crippen LogP contribution in [0.3, 0.4) is 0 Å². The number of halogens is 1. The van der Waals surface area contributed by atoms with Crippen molar-refractivity contribution in [3.8, 4) is 17.3 Å². The minimum Gasteiger partial charge on any atom is -0.438 e. The van der Waals surface area contributed by atoms with E-state index < -0.39 is 0 Å². The van der Waals surface area contributed by atoms with Crippen LogP contribution in [0.1, 0.15) is 60.3 Å². The van der Waals surface area contributed by atoms with Crippen LogP contribution in [-0.2, 0) is 6.54 Å². The molecule has 160 valence electrons. The SMILES string of the molecule is CCCN(CCC)Cc1cnc(-c2ncn3c2[C@@H]2CCN2C(=O)c2sccc2-3)o1.Cl. The lowest BCUT2D eigenvalue weighted by atomic mass is 9.98. The zero-order valence-electron chi connectivity index (χ0n) is 17.2. The van der Waals surface area contributed by atoms with Crippen molar-refractivity contribution in [2.24, 2.45) is 0 Å². The summed E-state index contributed by atoms with van der Waals surface area (Å²) in [6.45, 7) is 8.02. The van der Waals surface area contributed by atoms with E-state index in [9.17, 15) is 4.79 Å². The van der Waals surface area contributed by atoms with Crippen LogP contribution in [0.5, 0.6) is 0 Å². The highest BCUT2D eigenvalue weighted by Gasteiger charge is 2.42. The monoisotopic (exact) mass is 447 g/mol. The quantitative estimate of drug-likeness (QED) is 0.532. The van der Waals surface area contributed by atoms with Crippen molar-refractivity contribution in [3.05, 3.63) is 40.3 Å². The summed E-state index contributed by atoms with van der Waals surface area (Å²) in [4.78, 5) is 27.2. The fourth-order valence-corrected chi connectivity index (χ4v) is 5.18. The molecular formula is C21H26ClN5O2S. The molecule has 5 heterocycles. The number of carbonyl (C=O) groups is 1. The maximum Gasteiger partial charge on any atom is 0.266 e. The summed E-state index contributed by atoms with van der Waals surface area (Å²) in [5.74, 6) is 1.51. The number of aromatic nitrogens is 3. The molecule has 1 saturated heterocycles. The molecule has 1 atom stereocenters. The van der Waals surface area contributed by atoms with Gasteiger partial charge >= 0.3 is 0 Å². The summed E-state index contributed by atoms with van der Waals surface area (Å²) in [6, 6.07) is 2.03. The molecule has 0 spiro atoms. The van der Waals surface area contributed by atoms with E-state index in [4.69, 9.17) is 4.42 Å². The summed E-state index contributed by atoms with van der Waals surface area (Å²) in [6.07, 6.45) is 6.79. The van der Waals surface area contributed by atoms with Crippen molar-refractivity contribution in [3.63, 3.8) is 0 Å². The van der Waals surface area contributed by atoms with Gasteiger partial charge in [0, 0.05) is 6.54 Å². The number of thiophene rings is 1. The highest BCUT2D eigenvalue weighted by molar-refractivity contribution is 7.12. The van der Waals surface area contributed by atoms with Crippen molar-refractivity contribution >= 4 is 29.7 Å². The number of hydrogen-bond donors (Lipinski definition) is 0. The third-order valence-corrected chi connectivity index (χ3v) is 6.61. The smallest absolute Gasteiger partial charge is 0.266 e. The van der Waals surface area contributed by atoms with Crippen LogP contribution in [0.15, 0.2) is 28.4 Å². The number of amides is 1. The average molecular weight is 448 g/mol. The van der Waals surface area contributed by atoms with E-state index in [1.165, 1.54) is 11.3 Å². The Morgan fingerprint density at radius 2 is 2.07 bits per heavy atom. The molecule has 7 nitrogen and oxygen atoms in total. The maximum absolute atomic E-state index is 12.9. The molecule has 0 N–H and O–H groups in total. The predicted molar refractivity (Wildman–Crippen MR) is 118 cm³/mol. The molecule has 3 aromatic rings. The maximum atomic E-state index is 12.9. The van der Waals surface area contributed by atoms with E-state index in [1.54, 1.807) is 6.33 Å². The second-order valence-electron chi connectivity index (χ2n) is 7.69. The highest BCUT2D eigenvalue weighted by atomic mass is 35.5. The molecule has 1 fully saturated rings. The molecule has 5 rings (SSSR count). The predicted octanol–water partition coefficient (Wildman–Crippen LogP) is 4.53. The Balaban J connectivity index is 0.00000218. The Hall–Kier alpha value is -2.16. The molecule has 2 aliphatic rings. The summed E-state index contributed by atoms with van der Waals surface area (Å²) in [5, 5.41) is 1.96. The Morgan fingerprint density at radius 3 is 2.77 bits per heavy atom. The van der Waals surface area contributed by atoms with Gasteiger partial charge in [0.2, 0.25) is 5.89 Å². The number of hydrogen-bond acceptors (Lipinski definition) is 6. The fourth-order valence-electron chi connectivity index (χ4n) is 4.34. The van der Waals surface area contributed by atoms with Crippen LogP contribution in [0, 0.1) is 0 Å². The van der Waals surface area contributed by atoms with Gasteiger partial charge in [0.15, 0.2) is 0 Å². The highest BCUT2D eigenvalue weighted by Crippen LogP contribution is 2.44. The first-order chi connectivity index (χ1) is 14.2. The minimum absolute atomic E-state index is 0. The molecule has 0 radical (unpaired) electrons. The molecule has 0 aromatic carbocycles. The molecule has 9 heteroatoms. The van der Waals surface area contributed by atoms with Crippen molar-refractivity contribution < 1.29 is 9.21 Å². The van der Waals surface area contributed by atoms with E-state index in [0.29, 0.717) is 5.89 Å². The Kier molecular flexibility index (Phi) is 5.99. The van der Waals surface area contributed by atoms with Crippen LogP contribution in [0.4, 0.5) is 0 Å². The zero-order chi connectivity index (χ0) is 20.0. The van der Waals surface area contributed by atoms with Crippen LogP contribution < -0.4 is 0 Å². The van der Waals surface area contributed by atoms with Crippen LogP contribution in [0.2, 0.25) is 0 Å². The lowest BCUT2D eigenvalue weighted by Crippen LogP contribution is -2.44. The molecule has 0 saturated carbocycles. The number of oxazole rings is 1. The largest absolute Gasteiger partial charge is 0.438 e. The van der Waals surface area contributed by atoms with Gasteiger partial charge in [0.1, 0.15) is 22.7 Å². The Bertz CT molecular complexity index is 1040. The second-order valence-corrected chi connectivity index (χ2v) is 8.61. The molecule has 0 bridgehead atoms. The standard InChI is InChI=1S/C21H25N5O2S.ClH/c1-3-7-24(8-4-2)12-14-11-22-20(28-14)17-18-15-5-9-25(15)21(27)19-16(6-10-29-19)26(18)13-23-17;/h6,10-11,13,15H,3-5,7-9,12H2,1-2H3;1H/t15-;/m0./s1. The van der Waals surface area contributed by atoms with Crippen LogP contribution >= 0.6 is 23.7 Å². The topological polar surface area (TPSA) is 67.4 Å². The first-order valence-electron chi connectivity index (χ1n) is 10.3. The second kappa shape index (κ2) is 8.53. The van der Waals surface area contributed by atoms with Crippen molar-refractivity contribution in [1.29, 1.82) is 0 Å². The van der Waals surface area contributed by atoms with E-state index >= 15 is 0 Å². The lowest BCUT2D eigenvalue weighted by molar-refractivity contribution is 0.0466. The third kappa shape index (κ3) is 3.36. The molecule has 0 unspecified atom stereocenters. The normalized spacial score (nSPS) is 17.1. The number of fused-ring (bicyclic) bond motifs is 5. The average Bonchev–Trinajstić information content (AvgIpc) is 3.39. The van der Waals surface area contributed by atoms with Gasteiger partial charge in [-0.3, -0.25) is 14.3 Å². The first kappa shape index (κ1) is 21.1. The third-order valence-electron chi connectivity index (χ3n) is 5.71. The van der Waals surface area contributed by atoms with Gasteiger partial charge in [-0.15, -0.1) is 23.7 Å². The Morgan fingerprint density at radius 1 is 1.27 bits per heavy atom. The lowest BCUT2D eigenvalue weighted by Gasteiger charge is -2.39. The summed E-state index contributed by atoms with van der Waals surface area (Å²) in [5.41, 5.74) is 2.66. The fraction of sp³-hybridized carbons (Fsp3) is 0.476. The van der Waals surface area contributed by atoms with E-state index in [-0.39, 0.29) is 24.4 Å². The number of rotatable bonds is 7. The van der Waals surface area contributed by atoms with Gasteiger partial charge in [0.25, 0.3) is 5.91 Å². The van der Waals surface area contributed by atoms with Gasteiger partial charge < -0.3 is 9.32 Å². The van der Waals surface area contributed by atoms with Gasteiger partial charge in [0.05, 0.1) is 30.2 Å². The number of carbonyl (C=O) groups excluding carboxylic acids is 1. The molecule has 0 aliphatic carbocycles. The van der Waals surface area contributed by atoms with Crippen molar-refractivity contribution in [2.75, 3.05) is 19.6 Å². The molecule has 1 amide bonds. The number of imidazole rings is 1. The Labute approximate surface area is 186 Å².